The Bertz CT molecular complexity index is 1870. The zero-order valence-electron chi connectivity index (χ0n) is 62.1. The van der Waals surface area contributed by atoms with E-state index in [0.29, 0.717) is 25.7 Å². The van der Waals surface area contributed by atoms with Crippen molar-refractivity contribution in [3.63, 3.8) is 0 Å². The molecule has 19 heteroatoms. The molecule has 568 valence electrons. The van der Waals surface area contributed by atoms with Crippen LogP contribution >= 0.6 is 15.6 Å². The summed E-state index contributed by atoms with van der Waals surface area (Å²) in [5, 5.41) is 10.6. The molecule has 2 unspecified atom stereocenters. The van der Waals surface area contributed by atoms with Gasteiger partial charge in [-0.2, -0.15) is 0 Å². The van der Waals surface area contributed by atoms with Crippen molar-refractivity contribution < 1.29 is 80.2 Å². The molecule has 0 radical (unpaired) electrons. The molecular weight excluding hydrogens is 1260 g/mol. The fourth-order valence-corrected chi connectivity index (χ4v) is 13.2. The fraction of sp³-hybridized carbons (Fsp3) is 0.922. The molecule has 0 spiro atoms. The lowest BCUT2D eigenvalue weighted by molar-refractivity contribution is -0.161. The minimum absolute atomic E-state index is 0.1000. The summed E-state index contributed by atoms with van der Waals surface area (Å²) in [6.07, 6.45) is 63.2. The Morgan fingerprint density at radius 2 is 0.479 bits per heavy atom. The van der Waals surface area contributed by atoms with Gasteiger partial charge in [-0.1, -0.05) is 335 Å². The van der Waals surface area contributed by atoms with Gasteiger partial charge in [0.1, 0.15) is 19.3 Å². The van der Waals surface area contributed by atoms with E-state index >= 15 is 0 Å². The average Bonchev–Trinajstić information content (AvgIpc) is 1.29. The first-order chi connectivity index (χ1) is 46.7. The van der Waals surface area contributed by atoms with Gasteiger partial charge in [-0.3, -0.25) is 37.3 Å². The number of unbranched alkanes of at least 4 members (excludes halogenated alkanes) is 49. The van der Waals surface area contributed by atoms with Crippen LogP contribution in [0, 0.1) is 0 Å². The van der Waals surface area contributed by atoms with Gasteiger partial charge >= 0.3 is 39.5 Å². The van der Waals surface area contributed by atoms with E-state index in [1.807, 2.05) is 0 Å². The molecule has 0 fully saturated rings. The molecule has 0 amide bonds. The van der Waals surface area contributed by atoms with Gasteiger partial charge in [-0.05, 0) is 51.4 Å². The first-order valence-corrected chi connectivity index (χ1v) is 42.9. The second-order valence-corrected chi connectivity index (χ2v) is 30.3. The van der Waals surface area contributed by atoms with E-state index in [0.717, 1.165) is 109 Å². The summed E-state index contributed by atoms with van der Waals surface area (Å²) in [6.45, 7) is 4.98. The summed E-state index contributed by atoms with van der Waals surface area (Å²) in [5.41, 5.74) is 0. The van der Waals surface area contributed by atoms with Crippen LogP contribution in [0.15, 0.2) is 12.2 Å². The molecule has 0 aliphatic carbocycles. The Morgan fingerprint density at radius 1 is 0.281 bits per heavy atom. The molecule has 17 nitrogen and oxygen atoms in total. The number of aliphatic hydroxyl groups excluding tert-OH is 1. The van der Waals surface area contributed by atoms with Crippen molar-refractivity contribution in [2.75, 3.05) is 39.6 Å². The number of rotatable bonds is 77. The number of hydrogen-bond donors (Lipinski definition) is 3. The van der Waals surface area contributed by atoms with Crippen LogP contribution in [0.1, 0.15) is 400 Å². The maximum Gasteiger partial charge on any atom is 0.472 e. The van der Waals surface area contributed by atoms with Crippen LogP contribution in [0.25, 0.3) is 0 Å². The van der Waals surface area contributed by atoms with Crippen LogP contribution in [0.4, 0.5) is 0 Å². The van der Waals surface area contributed by atoms with E-state index < -0.39 is 97.5 Å². The monoisotopic (exact) mass is 1410 g/mol. The van der Waals surface area contributed by atoms with Crippen LogP contribution in [0.3, 0.4) is 0 Å². The summed E-state index contributed by atoms with van der Waals surface area (Å²) in [6, 6.07) is 0. The molecule has 0 aromatic carbocycles. The predicted octanol–water partition coefficient (Wildman–Crippen LogP) is 22.8. The third-order valence-electron chi connectivity index (χ3n) is 17.8. The number of carbonyl (C=O) groups excluding carboxylic acids is 4. The lowest BCUT2D eigenvalue weighted by Crippen LogP contribution is -2.30. The summed E-state index contributed by atoms with van der Waals surface area (Å²) in [5.74, 6) is -2.12. The molecule has 0 aliphatic rings. The normalized spacial score (nSPS) is 13.9. The number of phosphoric acid groups is 2. The van der Waals surface area contributed by atoms with Crippen molar-refractivity contribution in [3.05, 3.63) is 12.2 Å². The molecule has 3 N–H and O–H groups in total. The quantitative estimate of drug-likeness (QED) is 0.0169. The number of allylic oxidation sites excluding steroid dienone is 2. The minimum Gasteiger partial charge on any atom is -0.462 e. The molecule has 0 heterocycles. The van der Waals surface area contributed by atoms with Gasteiger partial charge in [0.2, 0.25) is 0 Å². The SMILES string of the molecule is CCCCCC/C=C\CCCCCCCCCC(=O)O[C@H](COC(=O)CCCCCCCCCCCCCCC)COP(=O)(O)OC[C@H](O)COP(=O)(O)OC[C@@H](COC(=O)CCCCCCCCCCCCCCCCC)OC(=O)CCCCCCCCCCCCCCC. The molecule has 5 atom stereocenters. The highest BCUT2D eigenvalue weighted by molar-refractivity contribution is 7.47. The second kappa shape index (κ2) is 71.2. The largest absolute Gasteiger partial charge is 0.472 e. The highest BCUT2D eigenvalue weighted by Crippen LogP contribution is 2.45. The molecule has 96 heavy (non-hydrogen) atoms. The van der Waals surface area contributed by atoms with Gasteiger partial charge in [-0.25, -0.2) is 9.13 Å². The van der Waals surface area contributed by atoms with Gasteiger partial charge in [-0.15, -0.1) is 0 Å². The van der Waals surface area contributed by atoms with Crippen LogP contribution in [-0.4, -0.2) is 96.7 Å². The van der Waals surface area contributed by atoms with Crippen molar-refractivity contribution in [2.45, 2.75) is 418 Å². The Morgan fingerprint density at radius 3 is 0.729 bits per heavy atom. The highest BCUT2D eigenvalue weighted by atomic mass is 31.2. The first-order valence-electron chi connectivity index (χ1n) is 39.9. The van der Waals surface area contributed by atoms with Crippen LogP contribution in [0.5, 0.6) is 0 Å². The van der Waals surface area contributed by atoms with Crippen molar-refractivity contribution in [2.24, 2.45) is 0 Å². The smallest absolute Gasteiger partial charge is 0.462 e. The van der Waals surface area contributed by atoms with Crippen LogP contribution in [-0.2, 0) is 65.4 Å². The minimum atomic E-state index is -4.96. The van der Waals surface area contributed by atoms with Crippen LogP contribution < -0.4 is 0 Å². The molecule has 0 aliphatic heterocycles. The Hall–Kier alpha value is -2.20. The Kier molecular flexibility index (Phi) is 69.6. The third-order valence-corrected chi connectivity index (χ3v) is 19.7. The Labute approximate surface area is 587 Å². The van der Waals surface area contributed by atoms with Crippen molar-refractivity contribution in [1.82, 2.24) is 0 Å². The molecule has 0 aromatic rings. The van der Waals surface area contributed by atoms with Crippen molar-refractivity contribution in [3.8, 4) is 0 Å². The average molecular weight is 1410 g/mol. The summed E-state index contributed by atoms with van der Waals surface area (Å²) < 4.78 is 68.6. The number of ether oxygens (including phenoxy) is 4. The maximum absolute atomic E-state index is 13.1. The zero-order valence-corrected chi connectivity index (χ0v) is 63.9. The van der Waals surface area contributed by atoms with Gasteiger partial charge < -0.3 is 33.8 Å². The van der Waals surface area contributed by atoms with Crippen molar-refractivity contribution in [1.29, 1.82) is 0 Å². The van der Waals surface area contributed by atoms with Crippen molar-refractivity contribution >= 4 is 39.5 Å². The van der Waals surface area contributed by atoms with Gasteiger partial charge in [0, 0.05) is 25.7 Å². The lowest BCUT2D eigenvalue weighted by atomic mass is 10.0. The molecule has 0 saturated carbocycles. The van der Waals surface area contributed by atoms with Gasteiger partial charge in [0.15, 0.2) is 12.2 Å². The van der Waals surface area contributed by atoms with Gasteiger partial charge in [0.05, 0.1) is 26.4 Å². The molecule has 0 rings (SSSR count). The number of aliphatic hydroxyl groups is 1. The van der Waals surface area contributed by atoms with Crippen LogP contribution in [0.2, 0.25) is 0 Å². The van der Waals surface area contributed by atoms with E-state index in [9.17, 15) is 43.2 Å². The van der Waals surface area contributed by atoms with E-state index in [1.165, 1.54) is 212 Å². The van der Waals surface area contributed by atoms with E-state index in [2.05, 4.69) is 39.8 Å². The maximum atomic E-state index is 13.1. The highest BCUT2D eigenvalue weighted by Gasteiger charge is 2.30. The number of phosphoric ester groups is 2. The second-order valence-electron chi connectivity index (χ2n) is 27.4. The summed E-state index contributed by atoms with van der Waals surface area (Å²) >= 11 is 0. The summed E-state index contributed by atoms with van der Waals surface area (Å²) in [4.78, 5) is 72.9. The predicted molar refractivity (Wildman–Crippen MR) is 391 cm³/mol. The number of carbonyl (C=O) groups is 4. The summed E-state index contributed by atoms with van der Waals surface area (Å²) in [7, 11) is -9.92. The van der Waals surface area contributed by atoms with E-state index in [1.54, 1.807) is 0 Å². The topological polar surface area (TPSA) is 237 Å². The molecule has 0 aromatic heterocycles. The number of hydrogen-bond acceptors (Lipinski definition) is 15. The zero-order chi connectivity index (χ0) is 70.4. The molecule has 0 saturated heterocycles. The van der Waals surface area contributed by atoms with Gasteiger partial charge in [0.25, 0.3) is 0 Å². The first kappa shape index (κ1) is 93.8. The van der Waals surface area contributed by atoms with E-state index in [-0.39, 0.29) is 25.7 Å². The molecule has 0 bridgehead atoms. The Balaban J connectivity index is 5.27. The fourth-order valence-electron chi connectivity index (χ4n) is 11.6. The lowest BCUT2D eigenvalue weighted by Gasteiger charge is -2.21. The standard InChI is InChI=1S/C77H148O17P2/c1-5-9-13-17-21-25-29-33-35-39-42-46-50-54-58-62-75(80)88-68-72(93-76(81)63-59-55-51-47-43-38-32-28-24-20-16-12-8-4)69-91-95(83,84)89-65-71(78)66-90-96(85,86)92-70-73(67-87-74(79)61-57-53-49-45-41-37-31-27-23-19-15-11-7-3)94-77(82)64-60-56-52-48-44-40-36-34-30-26-22-18-14-10-6-2/h26,30,71-73,78H,5-25,27-29,31-70H2,1-4H3,(H,83,84)(H,85,86)/b30-26-/t71-,72-,73-/m1/s1. The third kappa shape index (κ3) is 70.2. The molecular formula is C77H148O17P2. The van der Waals surface area contributed by atoms with E-state index in [4.69, 9.17) is 37.0 Å². The number of esters is 4.